The molecule has 0 aliphatic carbocycles. The third-order valence-electron chi connectivity index (χ3n) is 2.78. The second kappa shape index (κ2) is 5.98. The molecule has 0 bridgehead atoms. The predicted octanol–water partition coefficient (Wildman–Crippen LogP) is 0.927. The fourth-order valence-corrected chi connectivity index (χ4v) is 2.20. The van der Waals surface area contributed by atoms with Gasteiger partial charge in [0.25, 0.3) is 0 Å². The van der Waals surface area contributed by atoms with Crippen molar-refractivity contribution in [1.82, 2.24) is 10.2 Å². The Balaban J connectivity index is 3.24. The number of primary amides is 1. The molecule has 0 aliphatic heterocycles. The second-order valence-corrected chi connectivity index (χ2v) is 5.17. The molecule has 1 aromatic carbocycles. The second-order valence-electron chi connectivity index (χ2n) is 5.17. The molecule has 1 atom stereocenters. The molecule has 4 heteroatoms. The number of hydrogen-bond donors (Lipinski definition) is 2. The van der Waals surface area contributed by atoms with Crippen LogP contribution in [0.4, 0.5) is 0 Å². The van der Waals surface area contributed by atoms with Crippen molar-refractivity contribution in [1.29, 1.82) is 0 Å². The Morgan fingerprint density at radius 2 is 1.89 bits per heavy atom. The zero-order valence-electron chi connectivity index (χ0n) is 11.6. The van der Waals surface area contributed by atoms with Gasteiger partial charge in [-0.2, -0.15) is 0 Å². The maximum absolute atomic E-state index is 12.0. The van der Waals surface area contributed by atoms with Gasteiger partial charge in [-0.1, -0.05) is 30.3 Å². The summed E-state index contributed by atoms with van der Waals surface area (Å²) < 4.78 is 0. The number of benzene rings is 1. The van der Waals surface area contributed by atoms with Crippen molar-refractivity contribution < 1.29 is 4.79 Å². The van der Waals surface area contributed by atoms with Crippen molar-refractivity contribution >= 4 is 5.91 Å². The molecule has 3 N–H and O–H groups in total. The SMILES string of the molecule is CC(C)NC(CN(C)C)(C(N)=O)c1ccccc1. The first-order valence-electron chi connectivity index (χ1n) is 6.16. The molecule has 1 unspecified atom stereocenters. The van der Waals surface area contributed by atoms with E-state index in [0.29, 0.717) is 6.54 Å². The third-order valence-corrected chi connectivity index (χ3v) is 2.78. The lowest BCUT2D eigenvalue weighted by atomic mass is 9.87. The first-order valence-corrected chi connectivity index (χ1v) is 6.16. The molecule has 0 aromatic heterocycles. The van der Waals surface area contributed by atoms with Gasteiger partial charge >= 0.3 is 0 Å². The van der Waals surface area contributed by atoms with Crippen LogP contribution in [0, 0.1) is 0 Å². The first kappa shape index (κ1) is 14.7. The van der Waals surface area contributed by atoms with E-state index in [9.17, 15) is 4.79 Å². The summed E-state index contributed by atoms with van der Waals surface area (Å²) >= 11 is 0. The minimum Gasteiger partial charge on any atom is -0.368 e. The standard InChI is InChI=1S/C14H23N3O/c1-11(2)16-14(13(15)18,10-17(3)4)12-8-6-5-7-9-12/h5-9,11,16H,10H2,1-4H3,(H2,15,18). The number of nitrogens with zero attached hydrogens (tertiary/aromatic N) is 1. The first-order chi connectivity index (χ1) is 8.38. The van der Waals surface area contributed by atoms with Crippen LogP contribution in [0.5, 0.6) is 0 Å². The summed E-state index contributed by atoms with van der Waals surface area (Å²) in [7, 11) is 3.87. The maximum Gasteiger partial charge on any atom is 0.243 e. The van der Waals surface area contributed by atoms with E-state index >= 15 is 0 Å². The van der Waals surface area contributed by atoms with Crippen molar-refractivity contribution in [2.75, 3.05) is 20.6 Å². The van der Waals surface area contributed by atoms with E-state index in [1.165, 1.54) is 0 Å². The molecule has 0 spiro atoms. The molecule has 100 valence electrons. The van der Waals surface area contributed by atoms with Gasteiger partial charge in [0.2, 0.25) is 5.91 Å². The molecule has 4 nitrogen and oxygen atoms in total. The number of nitrogens with two attached hydrogens (primary N) is 1. The van der Waals surface area contributed by atoms with E-state index in [2.05, 4.69) is 5.32 Å². The third kappa shape index (κ3) is 3.31. The molecule has 0 radical (unpaired) electrons. The zero-order valence-corrected chi connectivity index (χ0v) is 11.6. The van der Waals surface area contributed by atoms with Crippen LogP contribution in [-0.2, 0) is 10.3 Å². The van der Waals surface area contributed by atoms with Crippen LogP contribution >= 0.6 is 0 Å². The van der Waals surface area contributed by atoms with Crippen LogP contribution in [0.1, 0.15) is 19.4 Å². The van der Waals surface area contributed by atoms with Crippen LogP contribution < -0.4 is 11.1 Å². The minimum atomic E-state index is -0.848. The molecular formula is C14H23N3O. The molecule has 0 heterocycles. The Morgan fingerprint density at radius 1 is 1.33 bits per heavy atom. The lowest BCUT2D eigenvalue weighted by molar-refractivity contribution is -0.125. The number of hydrogen-bond acceptors (Lipinski definition) is 3. The van der Waals surface area contributed by atoms with Gasteiger partial charge in [0.1, 0.15) is 5.54 Å². The molecule has 0 aliphatic rings. The van der Waals surface area contributed by atoms with Crippen molar-refractivity contribution in [3.05, 3.63) is 35.9 Å². The lowest BCUT2D eigenvalue weighted by Crippen LogP contribution is -2.59. The van der Waals surface area contributed by atoms with Gasteiger partial charge in [-0.3, -0.25) is 10.1 Å². The topological polar surface area (TPSA) is 58.4 Å². The summed E-state index contributed by atoms with van der Waals surface area (Å²) in [5.74, 6) is -0.351. The fourth-order valence-electron chi connectivity index (χ4n) is 2.20. The highest BCUT2D eigenvalue weighted by Crippen LogP contribution is 2.22. The number of nitrogens with one attached hydrogen (secondary N) is 1. The molecule has 0 fully saturated rings. The van der Waals surface area contributed by atoms with Gasteiger partial charge in [-0.15, -0.1) is 0 Å². The van der Waals surface area contributed by atoms with E-state index in [0.717, 1.165) is 5.56 Å². The fraction of sp³-hybridized carbons (Fsp3) is 0.500. The number of rotatable bonds is 6. The van der Waals surface area contributed by atoms with E-state index in [4.69, 9.17) is 5.73 Å². The Kier molecular flexibility index (Phi) is 4.87. The summed E-state index contributed by atoms with van der Waals surface area (Å²) in [6, 6.07) is 9.81. The van der Waals surface area contributed by atoms with Crippen LogP contribution in [-0.4, -0.2) is 37.5 Å². The summed E-state index contributed by atoms with van der Waals surface area (Å²) in [5, 5.41) is 3.32. The highest BCUT2D eigenvalue weighted by molar-refractivity contribution is 5.86. The van der Waals surface area contributed by atoms with Crippen LogP contribution in [0.3, 0.4) is 0 Å². The quantitative estimate of drug-likeness (QED) is 0.788. The summed E-state index contributed by atoms with van der Waals surface area (Å²) in [4.78, 5) is 14.0. The van der Waals surface area contributed by atoms with Crippen molar-refractivity contribution in [2.24, 2.45) is 5.73 Å². The van der Waals surface area contributed by atoms with E-state index < -0.39 is 5.54 Å². The summed E-state index contributed by atoms with van der Waals surface area (Å²) in [5.41, 5.74) is 5.73. The van der Waals surface area contributed by atoms with Gasteiger partial charge in [-0.05, 0) is 33.5 Å². The number of likely N-dealkylation sites (N-methyl/N-ethyl adjacent to an activating group) is 1. The summed E-state index contributed by atoms with van der Waals surface area (Å²) in [6.07, 6.45) is 0. The highest BCUT2D eigenvalue weighted by atomic mass is 16.1. The van der Waals surface area contributed by atoms with E-state index in [-0.39, 0.29) is 11.9 Å². The van der Waals surface area contributed by atoms with Crippen LogP contribution in [0.2, 0.25) is 0 Å². The Hall–Kier alpha value is -1.39. The monoisotopic (exact) mass is 249 g/mol. The largest absolute Gasteiger partial charge is 0.368 e. The molecule has 1 aromatic rings. The van der Waals surface area contributed by atoms with Gasteiger partial charge in [0, 0.05) is 12.6 Å². The normalized spacial score (nSPS) is 14.8. The van der Waals surface area contributed by atoms with Crippen LogP contribution in [0.15, 0.2) is 30.3 Å². The summed E-state index contributed by atoms with van der Waals surface area (Å²) in [6.45, 7) is 4.55. The highest BCUT2D eigenvalue weighted by Gasteiger charge is 2.39. The van der Waals surface area contributed by atoms with Gasteiger partial charge in [0.15, 0.2) is 0 Å². The lowest BCUT2D eigenvalue weighted by Gasteiger charge is -2.36. The Labute approximate surface area is 109 Å². The van der Waals surface area contributed by atoms with Crippen molar-refractivity contribution in [3.63, 3.8) is 0 Å². The number of carbonyl (C=O) groups excluding carboxylic acids is 1. The molecular weight excluding hydrogens is 226 g/mol. The smallest absolute Gasteiger partial charge is 0.243 e. The predicted molar refractivity (Wildman–Crippen MR) is 74.1 cm³/mol. The molecule has 18 heavy (non-hydrogen) atoms. The van der Waals surface area contributed by atoms with E-state index in [1.807, 2.05) is 63.2 Å². The molecule has 1 amide bonds. The molecule has 1 rings (SSSR count). The van der Waals surface area contributed by atoms with Crippen molar-refractivity contribution in [3.8, 4) is 0 Å². The number of carbonyl (C=O) groups is 1. The molecule has 0 saturated heterocycles. The van der Waals surface area contributed by atoms with Crippen LogP contribution in [0.25, 0.3) is 0 Å². The Morgan fingerprint density at radius 3 is 2.28 bits per heavy atom. The van der Waals surface area contributed by atoms with E-state index in [1.54, 1.807) is 0 Å². The molecule has 0 saturated carbocycles. The zero-order chi connectivity index (χ0) is 13.8. The average Bonchev–Trinajstić information content (AvgIpc) is 2.27. The van der Waals surface area contributed by atoms with Gasteiger partial charge < -0.3 is 10.6 Å². The van der Waals surface area contributed by atoms with Gasteiger partial charge in [0.05, 0.1) is 0 Å². The number of amides is 1. The Bertz CT molecular complexity index is 377. The van der Waals surface area contributed by atoms with Gasteiger partial charge in [-0.25, -0.2) is 0 Å². The maximum atomic E-state index is 12.0. The minimum absolute atomic E-state index is 0.164. The average molecular weight is 249 g/mol. The van der Waals surface area contributed by atoms with Crippen molar-refractivity contribution in [2.45, 2.75) is 25.4 Å².